The number of benzene rings is 1. The van der Waals surface area contributed by atoms with Crippen LogP contribution in [-0.2, 0) is 0 Å². The summed E-state index contributed by atoms with van der Waals surface area (Å²) in [7, 11) is 3.13. The molecule has 7 heteroatoms. The second-order valence-electron chi connectivity index (χ2n) is 4.23. The standard InChI is InChI=1S/C13H16ClN3O3/c1-7(13-16-8(2)17-20-13)15-10-5-9(14)11(18-3)6-12(10)19-4/h5-7,15H,1-4H3. The lowest BCUT2D eigenvalue weighted by Gasteiger charge is -2.16. The van der Waals surface area contributed by atoms with Crippen LogP contribution in [-0.4, -0.2) is 24.4 Å². The molecule has 0 saturated carbocycles. The number of halogens is 1. The van der Waals surface area contributed by atoms with Crippen molar-refractivity contribution < 1.29 is 14.0 Å². The molecule has 20 heavy (non-hydrogen) atoms. The van der Waals surface area contributed by atoms with Gasteiger partial charge in [0.25, 0.3) is 0 Å². The third-order valence-corrected chi connectivity index (χ3v) is 3.06. The molecule has 1 unspecified atom stereocenters. The molecular formula is C13H16ClN3O3. The van der Waals surface area contributed by atoms with Gasteiger partial charge < -0.3 is 19.3 Å². The van der Waals surface area contributed by atoms with Crippen LogP contribution in [0.3, 0.4) is 0 Å². The SMILES string of the molecule is COc1cc(OC)c(NC(C)c2nc(C)no2)cc1Cl. The van der Waals surface area contributed by atoms with E-state index < -0.39 is 0 Å². The Morgan fingerprint density at radius 3 is 2.50 bits per heavy atom. The first kappa shape index (κ1) is 14.5. The molecule has 0 bridgehead atoms. The van der Waals surface area contributed by atoms with Crippen molar-refractivity contribution in [3.63, 3.8) is 0 Å². The summed E-state index contributed by atoms with van der Waals surface area (Å²) in [6.45, 7) is 3.68. The fourth-order valence-electron chi connectivity index (χ4n) is 1.76. The number of hydrogen-bond acceptors (Lipinski definition) is 6. The van der Waals surface area contributed by atoms with Crippen molar-refractivity contribution in [2.75, 3.05) is 19.5 Å². The predicted molar refractivity (Wildman–Crippen MR) is 75.6 cm³/mol. The maximum atomic E-state index is 6.12. The van der Waals surface area contributed by atoms with Crippen LogP contribution < -0.4 is 14.8 Å². The summed E-state index contributed by atoms with van der Waals surface area (Å²) in [5.41, 5.74) is 0.724. The Kier molecular flexibility index (Phi) is 4.34. The molecule has 2 rings (SSSR count). The minimum absolute atomic E-state index is 0.172. The van der Waals surface area contributed by atoms with E-state index in [0.717, 1.165) is 5.69 Å². The number of nitrogens with one attached hydrogen (secondary N) is 1. The number of aromatic nitrogens is 2. The van der Waals surface area contributed by atoms with E-state index in [1.807, 2.05) is 6.92 Å². The topological polar surface area (TPSA) is 69.4 Å². The third-order valence-electron chi connectivity index (χ3n) is 2.76. The number of methoxy groups -OCH3 is 2. The van der Waals surface area contributed by atoms with Gasteiger partial charge >= 0.3 is 0 Å². The average molecular weight is 298 g/mol. The molecule has 0 spiro atoms. The van der Waals surface area contributed by atoms with Crippen LogP contribution >= 0.6 is 11.6 Å². The molecule has 108 valence electrons. The number of rotatable bonds is 5. The molecule has 2 aromatic rings. The van der Waals surface area contributed by atoms with E-state index >= 15 is 0 Å². The fraction of sp³-hybridized carbons (Fsp3) is 0.385. The van der Waals surface area contributed by atoms with E-state index in [1.54, 1.807) is 33.3 Å². The molecule has 0 aliphatic rings. The summed E-state index contributed by atoms with van der Waals surface area (Å²) in [6.07, 6.45) is 0. The number of aryl methyl sites for hydroxylation is 1. The average Bonchev–Trinajstić information content (AvgIpc) is 2.86. The lowest BCUT2D eigenvalue weighted by atomic mass is 10.2. The van der Waals surface area contributed by atoms with Crippen molar-refractivity contribution in [3.8, 4) is 11.5 Å². The van der Waals surface area contributed by atoms with Gasteiger partial charge in [-0.1, -0.05) is 16.8 Å². The van der Waals surface area contributed by atoms with E-state index in [0.29, 0.717) is 28.2 Å². The molecule has 0 fully saturated rings. The van der Waals surface area contributed by atoms with E-state index in [9.17, 15) is 0 Å². The van der Waals surface area contributed by atoms with Crippen LogP contribution in [0.15, 0.2) is 16.7 Å². The normalized spacial score (nSPS) is 12.1. The Balaban J connectivity index is 2.26. The first-order chi connectivity index (χ1) is 9.55. The summed E-state index contributed by atoms with van der Waals surface area (Å²) < 4.78 is 15.6. The van der Waals surface area contributed by atoms with Gasteiger partial charge in [-0.15, -0.1) is 0 Å². The van der Waals surface area contributed by atoms with Crippen molar-refractivity contribution >= 4 is 17.3 Å². The highest BCUT2D eigenvalue weighted by atomic mass is 35.5. The Hall–Kier alpha value is -1.95. The molecule has 0 saturated heterocycles. The van der Waals surface area contributed by atoms with Crippen LogP contribution in [0, 0.1) is 6.92 Å². The molecule has 0 aliphatic carbocycles. The summed E-state index contributed by atoms with van der Waals surface area (Å²) >= 11 is 6.12. The number of hydrogen-bond donors (Lipinski definition) is 1. The molecule has 1 N–H and O–H groups in total. The smallest absolute Gasteiger partial charge is 0.248 e. The Bertz CT molecular complexity index is 601. The monoisotopic (exact) mass is 297 g/mol. The summed E-state index contributed by atoms with van der Waals surface area (Å²) in [6, 6.07) is 3.28. The quantitative estimate of drug-likeness (QED) is 0.914. The van der Waals surface area contributed by atoms with Crippen molar-refractivity contribution in [1.29, 1.82) is 0 Å². The van der Waals surface area contributed by atoms with Crippen LogP contribution in [0.1, 0.15) is 24.7 Å². The number of ether oxygens (including phenoxy) is 2. The summed E-state index contributed by atoms with van der Waals surface area (Å²) in [5.74, 6) is 2.26. The van der Waals surface area contributed by atoms with Crippen LogP contribution in [0.5, 0.6) is 11.5 Å². The first-order valence-corrected chi connectivity index (χ1v) is 6.41. The van der Waals surface area contributed by atoms with Crippen LogP contribution in [0.2, 0.25) is 5.02 Å². The van der Waals surface area contributed by atoms with Crippen LogP contribution in [0.25, 0.3) is 0 Å². The molecular weight excluding hydrogens is 282 g/mol. The number of anilines is 1. The minimum atomic E-state index is -0.172. The van der Waals surface area contributed by atoms with Crippen LogP contribution in [0.4, 0.5) is 5.69 Å². The lowest BCUT2D eigenvalue weighted by molar-refractivity contribution is 0.363. The second kappa shape index (κ2) is 6.00. The van der Waals surface area contributed by atoms with Gasteiger partial charge in [-0.3, -0.25) is 0 Å². The molecule has 1 aromatic heterocycles. The highest BCUT2D eigenvalue weighted by Gasteiger charge is 2.16. The van der Waals surface area contributed by atoms with Crippen molar-refractivity contribution in [3.05, 3.63) is 28.9 Å². The Morgan fingerprint density at radius 2 is 1.95 bits per heavy atom. The van der Waals surface area contributed by atoms with Gasteiger partial charge in [0.05, 0.1) is 24.9 Å². The van der Waals surface area contributed by atoms with E-state index in [2.05, 4.69) is 15.5 Å². The zero-order valence-electron chi connectivity index (χ0n) is 11.7. The van der Waals surface area contributed by atoms with Gasteiger partial charge in [-0.2, -0.15) is 4.98 Å². The maximum Gasteiger partial charge on any atom is 0.248 e. The highest BCUT2D eigenvalue weighted by Crippen LogP contribution is 2.37. The predicted octanol–water partition coefficient (Wildman–Crippen LogP) is 3.22. The zero-order valence-corrected chi connectivity index (χ0v) is 12.5. The molecule has 1 aromatic carbocycles. The first-order valence-electron chi connectivity index (χ1n) is 6.03. The molecule has 0 aliphatic heterocycles. The highest BCUT2D eigenvalue weighted by molar-refractivity contribution is 6.32. The molecule has 0 amide bonds. The van der Waals surface area contributed by atoms with Gasteiger partial charge in [0.15, 0.2) is 5.82 Å². The second-order valence-corrected chi connectivity index (χ2v) is 4.64. The molecule has 0 radical (unpaired) electrons. The Morgan fingerprint density at radius 1 is 1.25 bits per heavy atom. The molecule has 1 heterocycles. The summed E-state index contributed by atoms with van der Waals surface area (Å²) in [5, 5.41) is 7.48. The lowest BCUT2D eigenvalue weighted by Crippen LogP contribution is -2.08. The van der Waals surface area contributed by atoms with Crippen molar-refractivity contribution in [1.82, 2.24) is 10.1 Å². The third kappa shape index (κ3) is 2.96. The van der Waals surface area contributed by atoms with Gasteiger partial charge in [-0.25, -0.2) is 0 Å². The van der Waals surface area contributed by atoms with E-state index in [4.69, 9.17) is 25.6 Å². The maximum absolute atomic E-state index is 6.12. The van der Waals surface area contributed by atoms with E-state index in [1.165, 1.54) is 0 Å². The zero-order chi connectivity index (χ0) is 14.7. The van der Waals surface area contributed by atoms with Gasteiger partial charge in [-0.05, 0) is 19.9 Å². The molecule has 1 atom stereocenters. The van der Waals surface area contributed by atoms with Crippen molar-refractivity contribution in [2.24, 2.45) is 0 Å². The van der Waals surface area contributed by atoms with Gasteiger partial charge in [0.2, 0.25) is 5.89 Å². The summed E-state index contributed by atoms with van der Waals surface area (Å²) in [4.78, 5) is 4.18. The van der Waals surface area contributed by atoms with Crippen molar-refractivity contribution in [2.45, 2.75) is 19.9 Å². The largest absolute Gasteiger partial charge is 0.495 e. The number of nitrogens with zero attached hydrogens (tertiary/aromatic N) is 2. The Labute approximate surface area is 122 Å². The van der Waals surface area contributed by atoms with Gasteiger partial charge in [0, 0.05) is 6.07 Å². The van der Waals surface area contributed by atoms with E-state index in [-0.39, 0.29) is 6.04 Å². The van der Waals surface area contributed by atoms with Gasteiger partial charge in [0.1, 0.15) is 17.5 Å². The molecule has 6 nitrogen and oxygen atoms in total. The fourth-order valence-corrected chi connectivity index (χ4v) is 2.00. The minimum Gasteiger partial charge on any atom is -0.495 e.